The van der Waals surface area contributed by atoms with Crippen molar-refractivity contribution in [2.75, 3.05) is 19.8 Å². The standard InChI is InChI=1S/C26H26N2O4S/c1-2-31-22(26(29)30)17-18-11-13-19(14-12-18)32-16-15-27-25-20-7-3-5-9-23(20)33-24-10-6-4-8-21(24)28-25/h3-14,22H,2,15-17H2,1H3,(H,27,28)(H,29,30). The van der Waals surface area contributed by atoms with Crippen LogP contribution in [0.25, 0.3) is 0 Å². The SMILES string of the molecule is CCOC(Cc1ccc(OCCNC2=Nc3ccccc3Sc3ccccc32)cc1)C(=O)O. The maximum Gasteiger partial charge on any atom is 0.333 e. The Morgan fingerprint density at radius 3 is 2.52 bits per heavy atom. The summed E-state index contributed by atoms with van der Waals surface area (Å²) in [5.41, 5.74) is 2.91. The number of rotatable bonds is 9. The molecule has 0 fully saturated rings. The van der Waals surface area contributed by atoms with Crippen molar-refractivity contribution in [1.82, 2.24) is 5.32 Å². The molecule has 0 aliphatic carbocycles. The van der Waals surface area contributed by atoms with Crippen LogP contribution < -0.4 is 10.1 Å². The molecular weight excluding hydrogens is 436 g/mol. The second-order valence-electron chi connectivity index (χ2n) is 7.43. The Bertz CT molecular complexity index is 1130. The lowest BCUT2D eigenvalue weighted by molar-refractivity contribution is -0.149. The third-order valence-corrected chi connectivity index (χ3v) is 6.25. The fraction of sp³-hybridized carbons (Fsp3) is 0.231. The summed E-state index contributed by atoms with van der Waals surface area (Å²) in [7, 11) is 0. The zero-order valence-electron chi connectivity index (χ0n) is 18.4. The maximum atomic E-state index is 11.3. The van der Waals surface area contributed by atoms with Gasteiger partial charge < -0.3 is 19.9 Å². The zero-order valence-corrected chi connectivity index (χ0v) is 19.2. The van der Waals surface area contributed by atoms with E-state index in [1.54, 1.807) is 18.7 Å². The number of nitrogens with one attached hydrogen (secondary N) is 1. The van der Waals surface area contributed by atoms with E-state index in [0.717, 1.165) is 38.2 Å². The molecule has 0 spiro atoms. The van der Waals surface area contributed by atoms with E-state index < -0.39 is 12.1 Å². The first-order chi connectivity index (χ1) is 16.1. The number of carbonyl (C=O) groups is 1. The van der Waals surface area contributed by atoms with E-state index in [-0.39, 0.29) is 0 Å². The van der Waals surface area contributed by atoms with Gasteiger partial charge in [0.1, 0.15) is 18.2 Å². The topological polar surface area (TPSA) is 80.2 Å². The molecular formula is C26H26N2O4S. The van der Waals surface area contributed by atoms with E-state index in [0.29, 0.717) is 26.2 Å². The smallest absolute Gasteiger partial charge is 0.333 e. The summed E-state index contributed by atoms with van der Waals surface area (Å²) in [6.07, 6.45) is -0.513. The second-order valence-corrected chi connectivity index (χ2v) is 8.52. The number of carboxylic acids is 1. The molecule has 1 heterocycles. The molecule has 3 aromatic carbocycles. The summed E-state index contributed by atoms with van der Waals surface area (Å²) in [6, 6.07) is 23.8. The third kappa shape index (κ3) is 5.94. The Morgan fingerprint density at radius 1 is 1.03 bits per heavy atom. The number of nitrogens with zero attached hydrogens (tertiary/aromatic N) is 1. The van der Waals surface area contributed by atoms with E-state index >= 15 is 0 Å². The summed E-state index contributed by atoms with van der Waals surface area (Å²) in [5, 5.41) is 12.7. The third-order valence-electron chi connectivity index (χ3n) is 5.11. The molecule has 1 unspecified atom stereocenters. The van der Waals surface area contributed by atoms with Gasteiger partial charge in [0.05, 0.1) is 12.2 Å². The van der Waals surface area contributed by atoms with Crippen LogP contribution in [0.4, 0.5) is 5.69 Å². The first-order valence-electron chi connectivity index (χ1n) is 10.9. The number of aliphatic imine (C=N–C) groups is 1. The quantitative estimate of drug-likeness (QED) is 0.439. The highest BCUT2D eigenvalue weighted by atomic mass is 32.2. The van der Waals surface area contributed by atoms with E-state index in [1.165, 1.54) is 0 Å². The van der Waals surface area contributed by atoms with Crippen LogP contribution in [0.15, 0.2) is 87.6 Å². The van der Waals surface area contributed by atoms with Crippen LogP contribution in [0, 0.1) is 0 Å². The minimum absolute atomic E-state index is 0.323. The molecule has 6 nitrogen and oxygen atoms in total. The Kier molecular flexibility index (Phi) is 7.65. The summed E-state index contributed by atoms with van der Waals surface area (Å²) in [5.74, 6) is 0.609. The minimum Gasteiger partial charge on any atom is -0.492 e. The molecule has 0 saturated heterocycles. The number of carboxylic acid groups (broad SMARTS) is 1. The first kappa shape index (κ1) is 22.9. The van der Waals surface area contributed by atoms with Crippen molar-refractivity contribution in [2.24, 2.45) is 4.99 Å². The number of hydrogen-bond donors (Lipinski definition) is 2. The number of amidine groups is 1. The zero-order chi connectivity index (χ0) is 23.0. The van der Waals surface area contributed by atoms with Gasteiger partial charge in [0.2, 0.25) is 0 Å². The maximum absolute atomic E-state index is 11.3. The normalized spacial score (nSPS) is 13.2. The molecule has 0 saturated carbocycles. The number of para-hydroxylation sites is 1. The number of hydrogen-bond acceptors (Lipinski definition) is 6. The number of aliphatic carboxylic acids is 1. The molecule has 1 atom stereocenters. The van der Waals surface area contributed by atoms with Crippen molar-refractivity contribution in [1.29, 1.82) is 0 Å². The largest absolute Gasteiger partial charge is 0.492 e. The van der Waals surface area contributed by atoms with Crippen molar-refractivity contribution in [3.05, 3.63) is 83.9 Å². The monoisotopic (exact) mass is 462 g/mol. The lowest BCUT2D eigenvalue weighted by Crippen LogP contribution is -2.29. The summed E-state index contributed by atoms with van der Waals surface area (Å²) in [6.45, 7) is 3.21. The average molecular weight is 463 g/mol. The summed E-state index contributed by atoms with van der Waals surface area (Å²) < 4.78 is 11.1. The summed E-state index contributed by atoms with van der Waals surface area (Å²) in [4.78, 5) is 18.4. The molecule has 0 bridgehead atoms. The van der Waals surface area contributed by atoms with Gasteiger partial charge in [-0.25, -0.2) is 9.79 Å². The molecule has 1 aliphatic rings. The van der Waals surface area contributed by atoms with Crippen LogP contribution in [0.2, 0.25) is 0 Å². The highest BCUT2D eigenvalue weighted by Gasteiger charge is 2.18. The van der Waals surface area contributed by atoms with Crippen LogP contribution in [-0.2, 0) is 16.0 Å². The Morgan fingerprint density at radius 2 is 1.76 bits per heavy atom. The van der Waals surface area contributed by atoms with Crippen LogP contribution >= 0.6 is 11.8 Å². The van der Waals surface area contributed by atoms with Gasteiger partial charge in [0.15, 0.2) is 6.10 Å². The molecule has 4 rings (SSSR count). The molecule has 0 aromatic heterocycles. The van der Waals surface area contributed by atoms with E-state index in [1.807, 2.05) is 54.6 Å². The van der Waals surface area contributed by atoms with E-state index in [9.17, 15) is 9.90 Å². The predicted octanol–water partition coefficient (Wildman–Crippen LogP) is 4.93. The number of ether oxygens (including phenoxy) is 2. The van der Waals surface area contributed by atoms with Gasteiger partial charge in [-0.2, -0.15) is 0 Å². The number of benzene rings is 3. The molecule has 0 amide bonds. The fourth-order valence-electron chi connectivity index (χ4n) is 3.51. The van der Waals surface area contributed by atoms with Crippen LogP contribution in [0.1, 0.15) is 18.1 Å². The molecule has 170 valence electrons. The van der Waals surface area contributed by atoms with Gasteiger partial charge in [-0.1, -0.05) is 54.2 Å². The molecule has 3 aromatic rings. The van der Waals surface area contributed by atoms with E-state index in [4.69, 9.17) is 14.5 Å². The Labute approximate surface area is 197 Å². The molecule has 2 N–H and O–H groups in total. The van der Waals surface area contributed by atoms with E-state index in [2.05, 4.69) is 23.5 Å². The van der Waals surface area contributed by atoms with Gasteiger partial charge in [-0.3, -0.25) is 0 Å². The fourth-order valence-corrected chi connectivity index (χ4v) is 4.54. The first-order valence-corrected chi connectivity index (χ1v) is 11.7. The molecule has 33 heavy (non-hydrogen) atoms. The Balaban J connectivity index is 1.35. The number of fused-ring (bicyclic) bond motifs is 2. The second kappa shape index (κ2) is 11.0. The highest BCUT2D eigenvalue weighted by Crippen LogP contribution is 2.39. The molecule has 1 aliphatic heterocycles. The lowest BCUT2D eigenvalue weighted by atomic mass is 10.1. The van der Waals surface area contributed by atoms with Gasteiger partial charge >= 0.3 is 5.97 Å². The van der Waals surface area contributed by atoms with Crippen molar-refractivity contribution in [3.8, 4) is 5.75 Å². The molecule has 7 heteroatoms. The predicted molar refractivity (Wildman–Crippen MR) is 130 cm³/mol. The van der Waals surface area contributed by atoms with Gasteiger partial charge in [-0.15, -0.1) is 0 Å². The van der Waals surface area contributed by atoms with Crippen molar-refractivity contribution in [3.63, 3.8) is 0 Å². The van der Waals surface area contributed by atoms with Crippen molar-refractivity contribution in [2.45, 2.75) is 29.2 Å². The summed E-state index contributed by atoms with van der Waals surface area (Å²) >= 11 is 1.72. The molecule has 0 radical (unpaired) electrons. The van der Waals surface area contributed by atoms with Crippen LogP contribution in [-0.4, -0.2) is 42.8 Å². The van der Waals surface area contributed by atoms with Crippen LogP contribution in [0.5, 0.6) is 5.75 Å². The highest BCUT2D eigenvalue weighted by molar-refractivity contribution is 7.99. The average Bonchev–Trinajstić information content (AvgIpc) is 2.99. The minimum atomic E-state index is -0.952. The van der Waals surface area contributed by atoms with Crippen molar-refractivity contribution >= 4 is 29.3 Å². The van der Waals surface area contributed by atoms with Crippen LogP contribution in [0.3, 0.4) is 0 Å². The van der Waals surface area contributed by atoms with Crippen molar-refractivity contribution < 1.29 is 19.4 Å². The Hall–Kier alpha value is -3.29. The van der Waals surface area contributed by atoms with Gasteiger partial charge in [0.25, 0.3) is 0 Å². The van der Waals surface area contributed by atoms with Gasteiger partial charge in [-0.05, 0) is 42.8 Å². The lowest BCUT2D eigenvalue weighted by Gasteiger charge is -2.14. The van der Waals surface area contributed by atoms with Gasteiger partial charge in [0, 0.05) is 28.4 Å².